The number of phenolic OH excluding ortho intramolecular Hbond substituents is 1. The van der Waals surface area contributed by atoms with Gasteiger partial charge in [-0.05, 0) is 25.1 Å². The molecule has 0 saturated heterocycles. The highest BCUT2D eigenvalue weighted by molar-refractivity contribution is 5.90. The first-order valence-corrected chi connectivity index (χ1v) is 5.96. The van der Waals surface area contributed by atoms with Gasteiger partial charge in [-0.3, -0.25) is 9.48 Å². The molecule has 2 rings (SSSR count). The van der Waals surface area contributed by atoms with E-state index in [0.717, 1.165) is 6.07 Å². The third kappa shape index (κ3) is 3.74. The van der Waals surface area contributed by atoms with E-state index in [1.807, 2.05) is 0 Å². The fourth-order valence-electron chi connectivity index (χ4n) is 1.81. The van der Waals surface area contributed by atoms with Crippen molar-refractivity contribution in [2.45, 2.75) is 19.6 Å². The van der Waals surface area contributed by atoms with Gasteiger partial charge < -0.3 is 10.4 Å². The number of hydrogen-bond acceptors (Lipinski definition) is 3. The van der Waals surface area contributed by atoms with Crippen LogP contribution in [0.4, 0.5) is 18.9 Å². The number of nitrogens with one attached hydrogen (secondary N) is 1. The maximum absolute atomic E-state index is 12.8. The number of carbonyl (C=O) groups excluding carboxylic acids is 1. The monoisotopic (exact) mass is 299 g/mol. The topological polar surface area (TPSA) is 67.2 Å². The van der Waals surface area contributed by atoms with Gasteiger partial charge >= 0.3 is 6.18 Å². The predicted octanol–water partition coefficient (Wildman–Crippen LogP) is 2.55. The summed E-state index contributed by atoms with van der Waals surface area (Å²) in [5, 5.41) is 15.3. The molecule has 0 spiro atoms. The number of anilines is 1. The second-order valence-electron chi connectivity index (χ2n) is 4.42. The average Bonchev–Trinajstić information content (AvgIpc) is 2.69. The third-order valence-electron chi connectivity index (χ3n) is 2.62. The van der Waals surface area contributed by atoms with Gasteiger partial charge in [0.05, 0.1) is 5.69 Å². The fraction of sp³-hybridized carbons (Fsp3) is 0.231. The number of carbonyl (C=O) groups is 1. The number of nitrogens with zero attached hydrogens (tertiary/aromatic N) is 2. The van der Waals surface area contributed by atoms with E-state index in [-0.39, 0.29) is 17.1 Å². The fourth-order valence-corrected chi connectivity index (χ4v) is 1.81. The Morgan fingerprint density at radius 2 is 2.10 bits per heavy atom. The molecule has 112 valence electrons. The van der Waals surface area contributed by atoms with Gasteiger partial charge in [0.2, 0.25) is 5.91 Å². The van der Waals surface area contributed by atoms with Crippen molar-refractivity contribution in [3.8, 4) is 5.75 Å². The first kappa shape index (κ1) is 14.9. The van der Waals surface area contributed by atoms with Crippen LogP contribution in [0, 0.1) is 6.92 Å². The summed E-state index contributed by atoms with van der Waals surface area (Å²) in [5.74, 6) is -0.729. The minimum Gasteiger partial charge on any atom is -0.508 e. The zero-order valence-corrected chi connectivity index (χ0v) is 11.0. The molecule has 1 aromatic carbocycles. The number of phenols is 1. The lowest BCUT2D eigenvalue weighted by atomic mass is 10.3. The van der Waals surface area contributed by atoms with Crippen LogP contribution in [0.2, 0.25) is 0 Å². The number of benzene rings is 1. The molecule has 1 heterocycles. The van der Waals surface area contributed by atoms with Gasteiger partial charge in [-0.2, -0.15) is 18.3 Å². The zero-order chi connectivity index (χ0) is 15.6. The maximum atomic E-state index is 12.8. The molecule has 0 unspecified atom stereocenters. The molecule has 0 bridgehead atoms. The first-order chi connectivity index (χ1) is 9.75. The first-order valence-electron chi connectivity index (χ1n) is 5.96. The highest BCUT2D eigenvalue weighted by Crippen LogP contribution is 2.29. The Kier molecular flexibility index (Phi) is 3.88. The van der Waals surface area contributed by atoms with Crippen LogP contribution in [-0.4, -0.2) is 20.8 Å². The molecule has 5 nitrogen and oxygen atoms in total. The molecule has 21 heavy (non-hydrogen) atoms. The molecule has 0 atom stereocenters. The van der Waals surface area contributed by atoms with Gasteiger partial charge in [-0.25, -0.2) is 0 Å². The van der Waals surface area contributed by atoms with E-state index in [2.05, 4.69) is 10.4 Å². The van der Waals surface area contributed by atoms with E-state index in [9.17, 15) is 23.1 Å². The number of amides is 1. The second-order valence-corrected chi connectivity index (χ2v) is 4.42. The van der Waals surface area contributed by atoms with E-state index in [4.69, 9.17) is 0 Å². The smallest absolute Gasteiger partial charge is 0.433 e. The lowest BCUT2D eigenvalue weighted by Gasteiger charge is -2.10. The van der Waals surface area contributed by atoms with Gasteiger partial charge in [-0.1, -0.05) is 6.07 Å². The van der Waals surface area contributed by atoms with Crippen LogP contribution in [0.25, 0.3) is 0 Å². The molecule has 2 N–H and O–H groups in total. The minimum absolute atomic E-state index is 0.0567. The minimum atomic E-state index is -4.58. The van der Waals surface area contributed by atoms with Crippen LogP contribution >= 0.6 is 0 Å². The van der Waals surface area contributed by atoms with Crippen LogP contribution in [0.15, 0.2) is 30.3 Å². The number of aromatic nitrogens is 2. The van der Waals surface area contributed by atoms with Crippen molar-refractivity contribution < 1.29 is 23.1 Å². The summed E-state index contributed by atoms with van der Waals surface area (Å²) >= 11 is 0. The van der Waals surface area contributed by atoms with Crippen LogP contribution < -0.4 is 5.32 Å². The molecule has 0 aliphatic rings. The number of aryl methyl sites for hydroxylation is 1. The molecule has 2 aromatic rings. The third-order valence-corrected chi connectivity index (χ3v) is 2.62. The summed E-state index contributed by atoms with van der Waals surface area (Å²) in [6.45, 7) is 0.844. The Labute approximate surface area is 118 Å². The van der Waals surface area contributed by atoms with E-state index >= 15 is 0 Å². The van der Waals surface area contributed by atoms with Crippen molar-refractivity contribution in [2.75, 3.05) is 5.32 Å². The number of rotatable bonds is 3. The van der Waals surface area contributed by atoms with Gasteiger partial charge in [0, 0.05) is 11.8 Å². The molecule has 1 aromatic heterocycles. The highest BCUT2D eigenvalue weighted by atomic mass is 19.4. The second kappa shape index (κ2) is 5.47. The molecule has 0 fully saturated rings. The normalized spacial score (nSPS) is 11.4. The molecule has 0 aliphatic heterocycles. The largest absolute Gasteiger partial charge is 0.508 e. The maximum Gasteiger partial charge on any atom is 0.433 e. The van der Waals surface area contributed by atoms with Crippen molar-refractivity contribution in [3.63, 3.8) is 0 Å². The van der Waals surface area contributed by atoms with Gasteiger partial charge in [-0.15, -0.1) is 0 Å². The summed E-state index contributed by atoms with van der Waals surface area (Å²) < 4.78 is 38.9. The molecule has 0 aliphatic carbocycles. The molecule has 0 radical (unpaired) electrons. The van der Waals surface area contributed by atoms with Crippen LogP contribution in [-0.2, 0) is 17.5 Å². The van der Waals surface area contributed by atoms with Gasteiger partial charge in [0.1, 0.15) is 18.0 Å². The van der Waals surface area contributed by atoms with Gasteiger partial charge in [0.15, 0.2) is 0 Å². The van der Waals surface area contributed by atoms with Crippen molar-refractivity contribution >= 4 is 11.6 Å². The lowest BCUT2D eigenvalue weighted by Crippen LogP contribution is -2.23. The van der Waals surface area contributed by atoms with E-state index in [1.54, 1.807) is 0 Å². The predicted molar refractivity (Wildman–Crippen MR) is 68.7 cm³/mol. The number of aromatic hydroxyl groups is 1. The van der Waals surface area contributed by atoms with E-state index in [0.29, 0.717) is 4.68 Å². The molecular weight excluding hydrogens is 287 g/mol. The standard InChI is InChI=1S/C13H12F3N3O2/c1-8-5-11(13(14,15)16)19(18-8)7-12(21)17-9-3-2-4-10(20)6-9/h2-6,20H,7H2,1H3,(H,17,21). The Balaban J connectivity index is 2.13. The quantitative estimate of drug-likeness (QED) is 0.915. The van der Waals surface area contributed by atoms with Crippen molar-refractivity contribution in [1.82, 2.24) is 9.78 Å². The molecule has 8 heteroatoms. The number of hydrogen-bond donors (Lipinski definition) is 2. The molecule has 1 amide bonds. The van der Waals surface area contributed by atoms with E-state index in [1.165, 1.54) is 31.2 Å². The van der Waals surface area contributed by atoms with E-state index < -0.39 is 24.3 Å². The summed E-state index contributed by atoms with van der Waals surface area (Å²) in [5.41, 5.74) is -0.518. The lowest BCUT2D eigenvalue weighted by molar-refractivity contribution is -0.144. The summed E-state index contributed by atoms with van der Waals surface area (Å²) in [7, 11) is 0. The molecule has 0 saturated carbocycles. The Morgan fingerprint density at radius 1 is 1.38 bits per heavy atom. The number of alkyl halides is 3. The van der Waals surface area contributed by atoms with Crippen molar-refractivity contribution in [2.24, 2.45) is 0 Å². The number of halogens is 3. The summed E-state index contributed by atoms with van der Waals surface area (Å²) in [6.07, 6.45) is -4.58. The highest BCUT2D eigenvalue weighted by Gasteiger charge is 2.35. The van der Waals surface area contributed by atoms with Crippen molar-refractivity contribution in [3.05, 3.63) is 41.7 Å². The molecular formula is C13H12F3N3O2. The zero-order valence-electron chi connectivity index (χ0n) is 11.0. The Morgan fingerprint density at radius 3 is 2.71 bits per heavy atom. The average molecular weight is 299 g/mol. The SMILES string of the molecule is Cc1cc(C(F)(F)F)n(CC(=O)Nc2cccc(O)c2)n1. The van der Waals surface area contributed by atoms with Crippen LogP contribution in [0.5, 0.6) is 5.75 Å². The van der Waals surface area contributed by atoms with Gasteiger partial charge in [0.25, 0.3) is 0 Å². The van der Waals surface area contributed by atoms with Crippen LogP contribution in [0.1, 0.15) is 11.4 Å². The summed E-state index contributed by atoms with van der Waals surface area (Å²) in [6, 6.07) is 6.59. The van der Waals surface area contributed by atoms with Crippen molar-refractivity contribution in [1.29, 1.82) is 0 Å². The Bertz CT molecular complexity index is 665. The Hall–Kier alpha value is -2.51. The van der Waals surface area contributed by atoms with Crippen LogP contribution in [0.3, 0.4) is 0 Å². The summed E-state index contributed by atoms with van der Waals surface area (Å²) in [4.78, 5) is 11.8.